The first-order valence-corrected chi connectivity index (χ1v) is 6.42. The lowest BCUT2D eigenvalue weighted by Crippen LogP contribution is -2.35. The Kier molecular flexibility index (Phi) is 5.98. The van der Waals surface area contributed by atoms with Crippen molar-refractivity contribution in [1.82, 2.24) is 5.32 Å². The summed E-state index contributed by atoms with van der Waals surface area (Å²) in [6, 6.07) is 4.57. The molecule has 0 atom stereocenters. The van der Waals surface area contributed by atoms with E-state index in [9.17, 15) is 14.4 Å². The van der Waals surface area contributed by atoms with Crippen molar-refractivity contribution in [1.29, 1.82) is 0 Å². The Labute approximate surface area is 124 Å². The van der Waals surface area contributed by atoms with Gasteiger partial charge in [-0.2, -0.15) is 0 Å². The highest BCUT2D eigenvalue weighted by molar-refractivity contribution is 9.10. The molecule has 108 valence electrons. The van der Waals surface area contributed by atoms with Crippen LogP contribution >= 0.6 is 15.9 Å². The number of hydrogen-bond donors (Lipinski definition) is 3. The fraction of sp³-hybridized carbons (Fsp3) is 0.250. The van der Waals surface area contributed by atoms with Gasteiger partial charge in [-0.1, -0.05) is 6.07 Å². The van der Waals surface area contributed by atoms with Crippen LogP contribution in [0.1, 0.15) is 5.56 Å². The number of anilines is 1. The van der Waals surface area contributed by atoms with E-state index in [0.29, 0.717) is 5.69 Å². The van der Waals surface area contributed by atoms with Crippen molar-refractivity contribution in [3.63, 3.8) is 0 Å². The average molecular weight is 344 g/mol. The summed E-state index contributed by atoms with van der Waals surface area (Å²) in [5.41, 5.74) is 6.40. The van der Waals surface area contributed by atoms with Crippen LogP contribution in [-0.4, -0.2) is 31.1 Å². The summed E-state index contributed by atoms with van der Waals surface area (Å²) in [5, 5.41) is 4.64. The second-order valence-electron chi connectivity index (χ2n) is 3.91. The van der Waals surface area contributed by atoms with Crippen LogP contribution in [0.25, 0.3) is 0 Å². The van der Waals surface area contributed by atoms with Crippen LogP contribution < -0.4 is 16.4 Å². The van der Waals surface area contributed by atoms with Crippen LogP contribution in [0, 0.1) is 6.92 Å². The van der Waals surface area contributed by atoms with Gasteiger partial charge >= 0.3 is 12.0 Å². The zero-order valence-corrected chi connectivity index (χ0v) is 12.3. The van der Waals surface area contributed by atoms with Crippen LogP contribution in [0.3, 0.4) is 0 Å². The second kappa shape index (κ2) is 7.49. The molecule has 0 spiro atoms. The van der Waals surface area contributed by atoms with Gasteiger partial charge in [0.05, 0.1) is 5.69 Å². The number of primary amides is 1. The lowest BCUT2D eigenvalue weighted by molar-refractivity contribution is -0.146. The summed E-state index contributed by atoms with van der Waals surface area (Å²) in [6.45, 7) is 1.10. The van der Waals surface area contributed by atoms with Crippen molar-refractivity contribution in [3.8, 4) is 0 Å². The Bertz CT molecular complexity index is 533. The number of rotatable bonds is 5. The van der Waals surface area contributed by atoms with Crippen molar-refractivity contribution in [2.45, 2.75) is 6.92 Å². The number of nitrogens with two attached hydrogens (primary N) is 1. The summed E-state index contributed by atoms with van der Waals surface area (Å²) in [5.74, 6) is -1.23. The SMILES string of the molecule is Cc1ccc(NC(=O)COC(=O)CNC(N)=O)c(Br)c1. The molecule has 0 fully saturated rings. The predicted octanol–water partition coefficient (Wildman–Crippen LogP) is 0.908. The molecule has 4 N–H and O–H groups in total. The first kappa shape index (κ1) is 16.0. The number of ether oxygens (including phenoxy) is 1. The maximum Gasteiger partial charge on any atom is 0.325 e. The highest BCUT2D eigenvalue weighted by Crippen LogP contribution is 2.23. The van der Waals surface area contributed by atoms with Gasteiger partial charge in [0.15, 0.2) is 6.61 Å². The summed E-state index contributed by atoms with van der Waals surface area (Å²) in [6.07, 6.45) is 0. The third kappa shape index (κ3) is 5.70. The van der Waals surface area contributed by atoms with Crippen molar-refractivity contribution in [3.05, 3.63) is 28.2 Å². The number of amides is 3. The van der Waals surface area contributed by atoms with Crippen molar-refractivity contribution < 1.29 is 19.1 Å². The number of carbonyl (C=O) groups excluding carboxylic acids is 3. The van der Waals surface area contributed by atoms with Crippen molar-refractivity contribution >= 4 is 39.5 Å². The molecular weight excluding hydrogens is 330 g/mol. The normalized spacial score (nSPS) is 9.70. The summed E-state index contributed by atoms with van der Waals surface area (Å²) in [7, 11) is 0. The molecule has 3 amide bonds. The number of esters is 1. The minimum absolute atomic E-state index is 0.378. The zero-order valence-electron chi connectivity index (χ0n) is 10.7. The van der Waals surface area contributed by atoms with E-state index in [-0.39, 0.29) is 6.54 Å². The Morgan fingerprint density at radius 1 is 1.35 bits per heavy atom. The van der Waals surface area contributed by atoms with Gasteiger partial charge in [0, 0.05) is 4.47 Å². The van der Waals surface area contributed by atoms with Crippen LogP contribution in [0.4, 0.5) is 10.5 Å². The van der Waals surface area contributed by atoms with E-state index in [1.165, 1.54) is 0 Å². The van der Waals surface area contributed by atoms with Gasteiger partial charge in [0.25, 0.3) is 5.91 Å². The first-order chi connectivity index (χ1) is 9.38. The number of hydrogen-bond acceptors (Lipinski definition) is 4. The molecule has 0 unspecified atom stereocenters. The molecule has 0 aliphatic carbocycles. The molecule has 1 rings (SSSR count). The van der Waals surface area contributed by atoms with E-state index in [1.54, 1.807) is 6.07 Å². The molecule has 1 aromatic rings. The minimum Gasteiger partial charge on any atom is -0.454 e. The molecular formula is C12H14BrN3O4. The quantitative estimate of drug-likeness (QED) is 0.690. The van der Waals surface area contributed by atoms with E-state index in [1.807, 2.05) is 19.1 Å². The molecule has 0 saturated heterocycles. The van der Waals surface area contributed by atoms with Crippen LogP contribution in [0.15, 0.2) is 22.7 Å². The topological polar surface area (TPSA) is 111 Å². The molecule has 0 radical (unpaired) electrons. The van der Waals surface area contributed by atoms with Crippen LogP contribution in [0.2, 0.25) is 0 Å². The number of aryl methyl sites for hydroxylation is 1. The fourth-order valence-electron chi connectivity index (χ4n) is 1.26. The molecule has 0 aliphatic heterocycles. The average Bonchev–Trinajstić information content (AvgIpc) is 2.37. The maximum absolute atomic E-state index is 11.6. The summed E-state index contributed by atoms with van der Waals surface area (Å²) < 4.78 is 5.38. The molecule has 7 nitrogen and oxygen atoms in total. The fourth-order valence-corrected chi connectivity index (χ4v) is 1.86. The summed E-state index contributed by atoms with van der Waals surface area (Å²) in [4.78, 5) is 33.1. The van der Waals surface area contributed by atoms with Gasteiger partial charge in [-0.05, 0) is 40.5 Å². The molecule has 0 bridgehead atoms. The molecule has 1 aromatic carbocycles. The monoisotopic (exact) mass is 343 g/mol. The van der Waals surface area contributed by atoms with Gasteiger partial charge in [0.2, 0.25) is 0 Å². The lowest BCUT2D eigenvalue weighted by atomic mass is 10.2. The number of urea groups is 1. The Morgan fingerprint density at radius 2 is 2.05 bits per heavy atom. The number of nitrogens with one attached hydrogen (secondary N) is 2. The van der Waals surface area contributed by atoms with Crippen LogP contribution in [0.5, 0.6) is 0 Å². The van der Waals surface area contributed by atoms with E-state index in [2.05, 4.69) is 31.3 Å². The van der Waals surface area contributed by atoms with Crippen molar-refractivity contribution in [2.24, 2.45) is 5.73 Å². The van der Waals surface area contributed by atoms with Gasteiger partial charge < -0.3 is 21.1 Å². The highest BCUT2D eigenvalue weighted by atomic mass is 79.9. The minimum atomic E-state index is -0.838. The number of benzene rings is 1. The van der Waals surface area contributed by atoms with E-state index < -0.39 is 24.5 Å². The Hall–Kier alpha value is -2.09. The smallest absolute Gasteiger partial charge is 0.325 e. The van der Waals surface area contributed by atoms with E-state index in [0.717, 1.165) is 10.0 Å². The Morgan fingerprint density at radius 3 is 2.65 bits per heavy atom. The molecule has 0 saturated carbocycles. The molecule has 8 heteroatoms. The van der Waals surface area contributed by atoms with Crippen LogP contribution in [-0.2, 0) is 14.3 Å². The summed E-state index contributed by atoms with van der Waals surface area (Å²) >= 11 is 3.31. The number of halogens is 1. The largest absolute Gasteiger partial charge is 0.454 e. The zero-order chi connectivity index (χ0) is 15.1. The molecule has 0 aliphatic rings. The van der Waals surface area contributed by atoms with Gasteiger partial charge in [-0.15, -0.1) is 0 Å². The van der Waals surface area contributed by atoms with Crippen molar-refractivity contribution in [2.75, 3.05) is 18.5 Å². The standard InChI is InChI=1S/C12H14BrN3O4/c1-7-2-3-9(8(13)4-7)16-10(17)6-20-11(18)5-15-12(14)19/h2-4H,5-6H2,1H3,(H,16,17)(H3,14,15,19). The highest BCUT2D eigenvalue weighted by Gasteiger charge is 2.09. The predicted molar refractivity (Wildman–Crippen MR) is 76.1 cm³/mol. The lowest BCUT2D eigenvalue weighted by Gasteiger charge is -2.08. The molecule has 0 heterocycles. The molecule has 0 aromatic heterocycles. The van der Waals surface area contributed by atoms with Gasteiger partial charge in [-0.3, -0.25) is 9.59 Å². The third-order valence-corrected chi connectivity index (χ3v) is 2.83. The maximum atomic E-state index is 11.6. The Balaban J connectivity index is 2.40. The second-order valence-corrected chi connectivity index (χ2v) is 4.76. The number of carbonyl (C=O) groups is 3. The molecule has 20 heavy (non-hydrogen) atoms. The first-order valence-electron chi connectivity index (χ1n) is 5.63. The van der Waals surface area contributed by atoms with Gasteiger partial charge in [0.1, 0.15) is 6.54 Å². The van der Waals surface area contributed by atoms with Gasteiger partial charge in [-0.25, -0.2) is 4.79 Å². The third-order valence-electron chi connectivity index (χ3n) is 2.17. The van der Waals surface area contributed by atoms with E-state index in [4.69, 9.17) is 5.73 Å². The van der Waals surface area contributed by atoms with E-state index >= 15 is 0 Å².